The zero-order valence-electron chi connectivity index (χ0n) is 12.1. The van der Waals surface area contributed by atoms with Gasteiger partial charge in [-0.05, 0) is 44.8 Å². The molecule has 1 nitrogen and oxygen atoms in total. The van der Waals surface area contributed by atoms with Crippen LogP contribution in [0.4, 0.5) is 0 Å². The van der Waals surface area contributed by atoms with Crippen molar-refractivity contribution >= 4 is 14.1 Å². The van der Waals surface area contributed by atoms with Crippen LogP contribution in [0.15, 0.2) is 48.5 Å². The Morgan fingerprint density at radius 3 is 2.50 bits per heavy atom. The van der Waals surface area contributed by atoms with Crippen LogP contribution in [-0.4, -0.2) is 11.7 Å². The summed E-state index contributed by atoms with van der Waals surface area (Å²) in [6.07, 6.45) is 3.30. The van der Waals surface area contributed by atoms with Gasteiger partial charge in [-0.15, -0.1) is 0 Å². The van der Waals surface area contributed by atoms with E-state index in [9.17, 15) is 4.79 Å². The van der Waals surface area contributed by atoms with E-state index in [1.807, 2.05) is 37.3 Å². The Bertz CT molecular complexity index is 575. The highest BCUT2D eigenvalue weighted by Gasteiger charge is 2.14. The molecule has 2 rings (SSSR count). The molecule has 104 valence electrons. The molecule has 0 saturated heterocycles. The Hall–Kier alpha value is -1.46. The van der Waals surface area contributed by atoms with E-state index < -0.39 is 0 Å². The summed E-state index contributed by atoms with van der Waals surface area (Å²) in [4.78, 5) is 12.5. The van der Waals surface area contributed by atoms with Crippen LogP contribution in [0, 0.1) is 6.92 Å². The van der Waals surface area contributed by atoms with Gasteiger partial charge in [-0.3, -0.25) is 4.79 Å². The summed E-state index contributed by atoms with van der Waals surface area (Å²) >= 11 is 0. The van der Waals surface area contributed by atoms with E-state index in [1.165, 1.54) is 0 Å². The second kappa shape index (κ2) is 7.36. The lowest BCUT2D eigenvalue weighted by Gasteiger charge is -2.12. The average Bonchev–Trinajstić information content (AvgIpc) is 2.48. The van der Waals surface area contributed by atoms with Gasteiger partial charge in [0.2, 0.25) is 0 Å². The van der Waals surface area contributed by atoms with Gasteiger partial charge in [0, 0.05) is 5.56 Å². The molecule has 0 heterocycles. The van der Waals surface area contributed by atoms with Crippen LogP contribution in [0.25, 0.3) is 11.1 Å². The van der Waals surface area contributed by atoms with Crippen molar-refractivity contribution in [3.63, 3.8) is 0 Å². The first kappa shape index (κ1) is 14.9. The quantitative estimate of drug-likeness (QED) is 0.521. The summed E-state index contributed by atoms with van der Waals surface area (Å²) in [5.74, 6) is 0. The molecule has 0 saturated carbocycles. The summed E-state index contributed by atoms with van der Waals surface area (Å²) < 4.78 is 0. The monoisotopic (exact) mass is 284 g/mol. The summed E-state index contributed by atoms with van der Waals surface area (Å²) in [5.41, 5.74) is 4.49. The smallest absolute Gasteiger partial charge is 0.181 e. The fourth-order valence-corrected chi connectivity index (χ4v) is 3.56. The largest absolute Gasteiger partial charge is 0.289 e. The van der Waals surface area contributed by atoms with Crippen molar-refractivity contribution in [1.82, 2.24) is 0 Å². The van der Waals surface area contributed by atoms with E-state index in [0.717, 1.165) is 41.3 Å². The number of hydrogen-bond donors (Lipinski definition) is 0. The Labute approximate surface area is 123 Å². The molecule has 2 heteroatoms. The number of hydrogen-bond acceptors (Lipinski definition) is 1. The molecule has 0 aliphatic rings. The third-order valence-electron chi connectivity index (χ3n) is 3.40. The Balaban J connectivity index is 2.34. The normalized spacial score (nSPS) is 11.1. The van der Waals surface area contributed by atoms with E-state index in [1.54, 1.807) is 0 Å². The maximum Gasteiger partial charge on any atom is 0.181 e. The molecule has 2 aromatic carbocycles. The Morgan fingerprint density at radius 1 is 1.05 bits per heavy atom. The fourth-order valence-electron chi connectivity index (χ4n) is 2.29. The van der Waals surface area contributed by atoms with Crippen molar-refractivity contribution in [3.05, 3.63) is 59.7 Å². The van der Waals surface area contributed by atoms with Crippen molar-refractivity contribution in [2.24, 2.45) is 0 Å². The highest BCUT2D eigenvalue weighted by Crippen LogP contribution is 2.31. The molecule has 0 spiro atoms. The van der Waals surface area contributed by atoms with Gasteiger partial charge >= 0.3 is 0 Å². The molecule has 0 bridgehead atoms. The number of carbonyl (C=O) groups excluding carboxylic acids is 1. The molecule has 0 radical (unpaired) electrons. The fraction of sp³-hybridized carbons (Fsp3) is 0.278. The van der Waals surface area contributed by atoms with Gasteiger partial charge in [0.05, 0.1) is 0 Å². The summed E-state index contributed by atoms with van der Waals surface area (Å²) in [7, 11) is 0.389. The molecule has 0 aliphatic heterocycles. The maximum absolute atomic E-state index is 12.5. The van der Waals surface area contributed by atoms with Gasteiger partial charge in [0.25, 0.3) is 0 Å². The second-order valence-corrected chi connectivity index (χ2v) is 6.28. The standard InChI is InChI=1S/C18H21OP/c1-3-4-13-20-18(19)17-14(2)9-8-12-16(17)15-10-6-5-7-11-15/h5-12,20H,3-4,13H2,1-2H3. The van der Waals surface area contributed by atoms with Crippen molar-refractivity contribution in [2.45, 2.75) is 26.7 Å². The lowest BCUT2D eigenvalue weighted by Crippen LogP contribution is -2.00. The van der Waals surface area contributed by atoms with E-state index >= 15 is 0 Å². The number of benzene rings is 2. The van der Waals surface area contributed by atoms with E-state index in [4.69, 9.17) is 0 Å². The lowest BCUT2D eigenvalue weighted by molar-refractivity contribution is 0.108. The number of carbonyl (C=O) groups is 1. The van der Waals surface area contributed by atoms with Crippen molar-refractivity contribution in [2.75, 3.05) is 6.16 Å². The zero-order chi connectivity index (χ0) is 14.4. The average molecular weight is 284 g/mol. The SMILES string of the molecule is CCCCPC(=O)c1c(C)cccc1-c1ccccc1. The van der Waals surface area contributed by atoms with Gasteiger partial charge in [-0.2, -0.15) is 0 Å². The van der Waals surface area contributed by atoms with E-state index in [2.05, 4.69) is 25.1 Å². The van der Waals surface area contributed by atoms with Gasteiger partial charge in [-0.25, -0.2) is 0 Å². The molecular formula is C18H21OP. The molecule has 1 unspecified atom stereocenters. The molecule has 20 heavy (non-hydrogen) atoms. The van der Waals surface area contributed by atoms with Crippen LogP contribution in [0.5, 0.6) is 0 Å². The molecular weight excluding hydrogens is 263 g/mol. The summed E-state index contributed by atoms with van der Waals surface area (Å²) in [5, 5.41) is 0. The topological polar surface area (TPSA) is 17.1 Å². The second-order valence-electron chi connectivity index (χ2n) is 4.97. The highest BCUT2D eigenvalue weighted by molar-refractivity contribution is 7.58. The predicted octanol–water partition coefficient (Wildman–Crippen LogP) is 5.28. The maximum atomic E-state index is 12.5. The summed E-state index contributed by atoms with van der Waals surface area (Å²) in [6.45, 7) is 4.20. The minimum Gasteiger partial charge on any atom is -0.289 e. The van der Waals surface area contributed by atoms with Crippen LogP contribution in [0.2, 0.25) is 0 Å². The number of aryl methyl sites for hydroxylation is 1. The molecule has 0 fully saturated rings. The zero-order valence-corrected chi connectivity index (χ0v) is 13.1. The third kappa shape index (κ3) is 3.55. The van der Waals surface area contributed by atoms with Gasteiger partial charge in [0.15, 0.2) is 5.52 Å². The molecule has 0 N–H and O–H groups in total. The first-order valence-electron chi connectivity index (χ1n) is 7.17. The van der Waals surface area contributed by atoms with Gasteiger partial charge in [-0.1, -0.05) is 61.9 Å². The molecule has 2 aromatic rings. The van der Waals surface area contributed by atoms with Crippen LogP contribution < -0.4 is 0 Å². The summed E-state index contributed by atoms with van der Waals surface area (Å²) in [6, 6.07) is 16.3. The van der Waals surface area contributed by atoms with E-state index in [0.29, 0.717) is 14.1 Å². The van der Waals surface area contributed by atoms with Gasteiger partial charge < -0.3 is 0 Å². The van der Waals surface area contributed by atoms with E-state index in [-0.39, 0.29) is 0 Å². The van der Waals surface area contributed by atoms with Crippen LogP contribution in [0.1, 0.15) is 35.7 Å². The highest BCUT2D eigenvalue weighted by atomic mass is 31.1. The third-order valence-corrected chi connectivity index (χ3v) is 4.58. The first-order chi connectivity index (χ1) is 9.74. The predicted molar refractivity (Wildman–Crippen MR) is 89.0 cm³/mol. The minimum atomic E-state index is 0.301. The Kier molecular flexibility index (Phi) is 5.49. The van der Waals surface area contributed by atoms with Crippen LogP contribution in [0.3, 0.4) is 0 Å². The molecule has 0 aliphatic carbocycles. The lowest BCUT2D eigenvalue weighted by atomic mass is 9.97. The number of rotatable bonds is 6. The van der Waals surface area contributed by atoms with Crippen LogP contribution >= 0.6 is 8.58 Å². The minimum absolute atomic E-state index is 0.301. The number of unbranched alkanes of at least 4 members (excludes halogenated alkanes) is 1. The molecule has 0 aromatic heterocycles. The molecule has 1 atom stereocenters. The van der Waals surface area contributed by atoms with Crippen molar-refractivity contribution < 1.29 is 4.79 Å². The Morgan fingerprint density at radius 2 is 1.80 bits per heavy atom. The first-order valence-corrected chi connectivity index (χ1v) is 8.38. The molecule has 0 amide bonds. The van der Waals surface area contributed by atoms with Crippen molar-refractivity contribution in [3.8, 4) is 11.1 Å². The van der Waals surface area contributed by atoms with Crippen molar-refractivity contribution in [1.29, 1.82) is 0 Å². The van der Waals surface area contributed by atoms with Crippen LogP contribution in [-0.2, 0) is 0 Å². The van der Waals surface area contributed by atoms with Gasteiger partial charge in [0.1, 0.15) is 0 Å².